The fourth-order valence-electron chi connectivity index (χ4n) is 0.665. The molecular weight excluding hydrogens is 98.9 g/mol. The summed E-state index contributed by atoms with van der Waals surface area (Å²) >= 11 is 0. The summed E-state index contributed by atoms with van der Waals surface area (Å²) in [5, 5.41) is 0. The lowest BCUT2D eigenvalue weighted by Crippen LogP contribution is -2.14. The largest absolute Gasteiger partial charge is 0.357 e. The van der Waals surface area contributed by atoms with Crippen molar-refractivity contribution in [1.82, 2.24) is 9.97 Å². The highest BCUT2D eigenvalue weighted by atomic mass is 14.9. The number of aromatic nitrogens is 2. The molecule has 0 aliphatic carbocycles. The predicted octanol–water partition coefficient (Wildman–Crippen LogP) is 0.0957. The summed E-state index contributed by atoms with van der Waals surface area (Å²) < 4.78 is 0. The van der Waals surface area contributed by atoms with Gasteiger partial charge in [-0.2, -0.15) is 0 Å². The van der Waals surface area contributed by atoms with Crippen molar-refractivity contribution < 1.29 is 0 Å². The average Bonchev–Trinajstić information content (AvgIpc) is 2.14. The normalized spacial score (nSPS) is 9.25. The van der Waals surface area contributed by atoms with Crippen molar-refractivity contribution >= 4 is 12.9 Å². The highest BCUT2D eigenvalue weighted by Gasteiger charge is 1.94. The Morgan fingerprint density at radius 2 is 2.50 bits per heavy atom. The van der Waals surface area contributed by atoms with Crippen LogP contribution in [0, 0.1) is 6.92 Å². The Balaban J connectivity index is 2.92. The zero-order valence-corrected chi connectivity index (χ0v) is 5.10. The summed E-state index contributed by atoms with van der Waals surface area (Å²) in [6, 6.07) is 0. The van der Waals surface area contributed by atoms with E-state index in [1.165, 1.54) is 0 Å². The van der Waals surface area contributed by atoms with Crippen molar-refractivity contribution in [3.63, 3.8) is 0 Å². The Morgan fingerprint density at radius 3 is 2.75 bits per heavy atom. The van der Waals surface area contributed by atoms with Crippen molar-refractivity contribution in [2.24, 2.45) is 0 Å². The molecule has 1 rings (SSSR count). The van der Waals surface area contributed by atoms with Crippen LogP contribution in [0.15, 0.2) is 6.33 Å². The van der Waals surface area contributed by atoms with Gasteiger partial charge in [0.1, 0.15) is 0 Å². The molecular formula is C5H8BN2. The molecule has 41 valence electrons. The highest BCUT2D eigenvalue weighted by molar-refractivity contribution is 6.51. The van der Waals surface area contributed by atoms with E-state index in [4.69, 9.17) is 0 Å². The second-order valence-electron chi connectivity index (χ2n) is 1.69. The Kier molecular flexibility index (Phi) is 1.37. The van der Waals surface area contributed by atoms with Crippen LogP contribution in [0.25, 0.3) is 0 Å². The molecule has 1 radical (unpaired) electrons. The third kappa shape index (κ3) is 0.758. The van der Waals surface area contributed by atoms with E-state index in [2.05, 4.69) is 9.97 Å². The maximum Gasteiger partial charge on any atom is 0.173 e. The molecule has 0 unspecified atom stereocenters. The third-order valence-electron chi connectivity index (χ3n) is 1.16. The van der Waals surface area contributed by atoms with E-state index in [0.717, 1.165) is 11.3 Å². The van der Waals surface area contributed by atoms with Crippen LogP contribution in [0.4, 0.5) is 0 Å². The van der Waals surface area contributed by atoms with Crippen LogP contribution in [-0.4, -0.2) is 17.2 Å². The number of imidazole rings is 1. The Labute approximate surface area is 49.6 Å². The summed E-state index contributed by atoms with van der Waals surface area (Å²) in [7, 11) is 2.00. The lowest BCUT2D eigenvalue weighted by Gasteiger charge is -1.85. The van der Waals surface area contributed by atoms with Crippen molar-refractivity contribution in [2.75, 3.05) is 0 Å². The predicted molar refractivity (Wildman–Crippen MR) is 34.6 cm³/mol. The van der Waals surface area contributed by atoms with Crippen LogP contribution in [0.1, 0.15) is 5.69 Å². The minimum atomic E-state index is 1.06. The van der Waals surface area contributed by atoms with Crippen LogP contribution >= 0.6 is 0 Å². The lowest BCUT2D eigenvalue weighted by atomic mass is 9.77. The average molecular weight is 107 g/mol. The fourth-order valence-corrected chi connectivity index (χ4v) is 0.665. The molecule has 0 atom stereocenters. The second-order valence-corrected chi connectivity index (χ2v) is 1.69. The van der Waals surface area contributed by atoms with E-state index in [-0.39, 0.29) is 0 Å². The van der Waals surface area contributed by atoms with Gasteiger partial charge in [0.05, 0.1) is 6.33 Å². The summed E-state index contributed by atoms with van der Waals surface area (Å²) in [5.41, 5.74) is 2.18. The molecule has 0 spiro atoms. The molecule has 8 heavy (non-hydrogen) atoms. The second kappa shape index (κ2) is 2.03. The zero-order valence-electron chi connectivity index (χ0n) is 5.10. The highest BCUT2D eigenvalue weighted by Crippen LogP contribution is 1.80. The number of rotatable bonds is 1. The molecule has 3 heteroatoms. The van der Waals surface area contributed by atoms with Gasteiger partial charge in [-0.05, 0) is 12.5 Å². The zero-order chi connectivity index (χ0) is 5.98. The van der Waals surface area contributed by atoms with Gasteiger partial charge in [0.25, 0.3) is 0 Å². The Morgan fingerprint density at radius 1 is 1.75 bits per heavy atom. The molecule has 1 N–H and O–H groups in total. The first-order valence-corrected chi connectivity index (χ1v) is 2.64. The van der Waals surface area contributed by atoms with Gasteiger partial charge >= 0.3 is 0 Å². The minimum Gasteiger partial charge on any atom is -0.357 e. The number of hydrogen-bond acceptors (Lipinski definition) is 1. The molecule has 1 heterocycles. The van der Waals surface area contributed by atoms with Crippen molar-refractivity contribution in [2.45, 2.75) is 13.7 Å². The van der Waals surface area contributed by atoms with E-state index in [0.29, 0.717) is 0 Å². The van der Waals surface area contributed by atoms with E-state index < -0.39 is 0 Å². The summed E-state index contributed by atoms with van der Waals surface area (Å²) in [5.74, 6) is 0. The van der Waals surface area contributed by atoms with E-state index in [1.807, 2.05) is 21.0 Å². The SMILES string of the molecule is C[B]c1[nH]cnc1C. The van der Waals surface area contributed by atoms with Crippen molar-refractivity contribution in [3.8, 4) is 0 Å². The van der Waals surface area contributed by atoms with Gasteiger partial charge in [0.2, 0.25) is 0 Å². The minimum absolute atomic E-state index is 1.06. The molecule has 0 fully saturated rings. The molecule has 0 bridgehead atoms. The quantitative estimate of drug-likeness (QED) is 0.506. The van der Waals surface area contributed by atoms with Crippen LogP contribution in [-0.2, 0) is 0 Å². The summed E-state index contributed by atoms with van der Waals surface area (Å²) in [6.07, 6.45) is 1.70. The first-order chi connectivity index (χ1) is 3.84. The Bertz CT molecular complexity index is 171. The maximum absolute atomic E-state index is 4.00. The number of hydrogen-bond donors (Lipinski definition) is 1. The van der Waals surface area contributed by atoms with Gasteiger partial charge in [-0.3, -0.25) is 0 Å². The molecule has 0 saturated heterocycles. The fraction of sp³-hybridized carbons (Fsp3) is 0.400. The monoisotopic (exact) mass is 107 g/mol. The standard InChI is InChI=1S/C5H8BN2/c1-4-5(6-2)8-3-7-4/h3H,1-2H3,(H,7,8). The number of H-pyrrole nitrogens is 1. The van der Waals surface area contributed by atoms with Crippen LogP contribution in [0.3, 0.4) is 0 Å². The maximum atomic E-state index is 4.00. The molecule has 0 saturated carbocycles. The van der Waals surface area contributed by atoms with E-state index in [1.54, 1.807) is 6.33 Å². The lowest BCUT2D eigenvalue weighted by molar-refractivity contribution is 1.25. The first-order valence-electron chi connectivity index (χ1n) is 2.64. The first kappa shape index (κ1) is 5.41. The molecule has 0 aliphatic heterocycles. The van der Waals surface area contributed by atoms with Crippen LogP contribution in [0.5, 0.6) is 0 Å². The number of aryl methyl sites for hydroxylation is 1. The molecule has 0 aliphatic rings. The number of aromatic amines is 1. The topological polar surface area (TPSA) is 28.7 Å². The van der Waals surface area contributed by atoms with Crippen molar-refractivity contribution in [3.05, 3.63) is 12.0 Å². The summed E-state index contributed by atoms with van der Waals surface area (Å²) in [4.78, 5) is 6.99. The molecule has 0 aromatic carbocycles. The van der Waals surface area contributed by atoms with E-state index >= 15 is 0 Å². The third-order valence-corrected chi connectivity index (χ3v) is 1.16. The summed E-state index contributed by atoms with van der Waals surface area (Å²) in [6.45, 7) is 3.96. The van der Waals surface area contributed by atoms with Crippen molar-refractivity contribution in [1.29, 1.82) is 0 Å². The molecule has 1 aromatic rings. The number of nitrogens with zero attached hydrogens (tertiary/aromatic N) is 1. The van der Waals surface area contributed by atoms with Gasteiger partial charge in [-0.25, -0.2) is 4.98 Å². The molecule has 2 nitrogen and oxygen atoms in total. The van der Waals surface area contributed by atoms with Crippen LogP contribution < -0.4 is 5.59 Å². The van der Waals surface area contributed by atoms with Gasteiger partial charge in [0, 0.05) is 5.69 Å². The van der Waals surface area contributed by atoms with E-state index in [9.17, 15) is 0 Å². The molecule has 0 amide bonds. The Hall–Kier alpha value is -0.725. The van der Waals surface area contributed by atoms with Gasteiger partial charge in [-0.1, -0.05) is 6.82 Å². The smallest absolute Gasteiger partial charge is 0.173 e. The van der Waals surface area contributed by atoms with Crippen LogP contribution in [0.2, 0.25) is 6.82 Å². The van der Waals surface area contributed by atoms with Gasteiger partial charge < -0.3 is 4.98 Å². The number of nitrogens with one attached hydrogen (secondary N) is 1. The molecule has 1 aromatic heterocycles. The van der Waals surface area contributed by atoms with Gasteiger partial charge in [0.15, 0.2) is 7.28 Å². The van der Waals surface area contributed by atoms with Gasteiger partial charge in [-0.15, -0.1) is 0 Å².